The number of rotatable bonds is 7. The summed E-state index contributed by atoms with van der Waals surface area (Å²) in [7, 11) is 5.49. The third kappa shape index (κ3) is 5.79. The lowest BCUT2D eigenvalue weighted by Crippen LogP contribution is -2.24. The van der Waals surface area contributed by atoms with Crippen LogP contribution in [0.25, 0.3) is 0 Å². The number of carbonyl (C=O) groups excluding carboxylic acids is 1. The molecule has 132 valence electrons. The van der Waals surface area contributed by atoms with Gasteiger partial charge in [0.1, 0.15) is 0 Å². The fourth-order valence-electron chi connectivity index (χ4n) is 1.97. The summed E-state index contributed by atoms with van der Waals surface area (Å²) in [6, 6.07) is 13.1. The number of methoxy groups -OCH3 is 1. The quantitative estimate of drug-likeness (QED) is 0.567. The Morgan fingerprint density at radius 3 is 2.56 bits per heavy atom. The molecule has 0 aromatic heterocycles. The number of nitrogens with one attached hydrogen (secondary N) is 1. The van der Waals surface area contributed by atoms with E-state index in [0.717, 1.165) is 15.7 Å². The number of hydrogen-bond donors (Lipinski definition) is 1. The maximum Gasteiger partial charge on any atom is 0.277 e. The van der Waals surface area contributed by atoms with Crippen LogP contribution in [0, 0.1) is 0 Å². The molecule has 2 aromatic carbocycles. The lowest BCUT2D eigenvalue weighted by atomic mass is 10.2. The molecule has 2 aromatic rings. The number of hydrogen-bond acceptors (Lipinski definition) is 5. The molecule has 0 atom stereocenters. The van der Waals surface area contributed by atoms with E-state index in [1.54, 1.807) is 25.5 Å². The first kappa shape index (κ1) is 18.8. The zero-order chi connectivity index (χ0) is 18.2. The van der Waals surface area contributed by atoms with Crippen molar-refractivity contribution in [3.05, 3.63) is 52.5 Å². The number of carbonyl (C=O) groups is 1. The van der Waals surface area contributed by atoms with Gasteiger partial charge < -0.3 is 14.4 Å². The van der Waals surface area contributed by atoms with E-state index in [2.05, 4.69) is 26.5 Å². The van der Waals surface area contributed by atoms with Crippen molar-refractivity contribution in [1.82, 2.24) is 5.43 Å². The molecule has 0 bridgehead atoms. The molecule has 2 rings (SSSR count). The minimum Gasteiger partial charge on any atom is -0.493 e. The molecule has 7 heteroatoms. The number of benzene rings is 2. The molecule has 0 radical (unpaired) electrons. The smallest absolute Gasteiger partial charge is 0.277 e. The fourth-order valence-corrected chi connectivity index (χ4v) is 2.31. The maximum atomic E-state index is 11.8. The second-order valence-electron chi connectivity index (χ2n) is 5.36. The van der Waals surface area contributed by atoms with Gasteiger partial charge in [-0.05, 0) is 35.9 Å². The molecule has 0 saturated carbocycles. The van der Waals surface area contributed by atoms with E-state index in [1.165, 1.54) is 0 Å². The van der Waals surface area contributed by atoms with E-state index in [9.17, 15) is 4.79 Å². The average molecular weight is 406 g/mol. The van der Waals surface area contributed by atoms with Crippen molar-refractivity contribution in [2.45, 2.75) is 0 Å². The topological polar surface area (TPSA) is 63.2 Å². The van der Waals surface area contributed by atoms with E-state index in [0.29, 0.717) is 11.5 Å². The Labute approximate surface area is 155 Å². The molecule has 0 aliphatic rings. The SMILES string of the molecule is COc1cc(Br)ccc1OCC(=O)N/N=C/c1ccc(N(C)C)cc1. The maximum absolute atomic E-state index is 11.8. The van der Waals surface area contributed by atoms with Crippen molar-refractivity contribution in [3.63, 3.8) is 0 Å². The van der Waals surface area contributed by atoms with Crippen molar-refractivity contribution in [2.24, 2.45) is 5.10 Å². The predicted molar refractivity (Wildman–Crippen MR) is 103 cm³/mol. The molecule has 1 N–H and O–H groups in total. The number of halogens is 1. The van der Waals surface area contributed by atoms with E-state index in [4.69, 9.17) is 9.47 Å². The number of nitrogens with zero attached hydrogens (tertiary/aromatic N) is 2. The minimum atomic E-state index is -0.355. The molecular weight excluding hydrogens is 386 g/mol. The molecule has 0 aliphatic carbocycles. The van der Waals surface area contributed by atoms with E-state index in [-0.39, 0.29) is 12.5 Å². The summed E-state index contributed by atoms with van der Waals surface area (Å²) in [6.45, 7) is -0.158. The van der Waals surface area contributed by atoms with Gasteiger partial charge in [-0.2, -0.15) is 5.10 Å². The standard InChI is InChI=1S/C18H20BrN3O3/c1-22(2)15-7-4-13(5-8-15)11-20-21-18(23)12-25-16-9-6-14(19)10-17(16)24-3/h4-11H,12H2,1-3H3,(H,21,23)/b20-11+. The van der Waals surface area contributed by atoms with Gasteiger partial charge in [-0.1, -0.05) is 28.1 Å². The highest BCUT2D eigenvalue weighted by atomic mass is 79.9. The van der Waals surface area contributed by atoms with Gasteiger partial charge in [0.05, 0.1) is 13.3 Å². The fraction of sp³-hybridized carbons (Fsp3) is 0.222. The monoisotopic (exact) mass is 405 g/mol. The summed E-state index contributed by atoms with van der Waals surface area (Å²) < 4.78 is 11.5. The van der Waals surface area contributed by atoms with Crippen LogP contribution in [0.2, 0.25) is 0 Å². The Morgan fingerprint density at radius 1 is 1.20 bits per heavy atom. The Kier molecular flexibility index (Phi) is 6.82. The number of hydrazone groups is 1. The summed E-state index contributed by atoms with van der Waals surface area (Å²) >= 11 is 3.35. The summed E-state index contributed by atoms with van der Waals surface area (Å²) in [6.07, 6.45) is 1.58. The highest BCUT2D eigenvalue weighted by molar-refractivity contribution is 9.10. The van der Waals surface area contributed by atoms with Gasteiger partial charge in [-0.15, -0.1) is 0 Å². The van der Waals surface area contributed by atoms with E-state index in [1.807, 2.05) is 49.3 Å². The number of anilines is 1. The van der Waals surface area contributed by atoms with Crippen LogP contribution >= 0.6 is 15.9 Å². The van der Waals surface area contributed by atoms with Crippen molar-refractivity contribution in [2.75, 3.05) is 32.7 Å². The third-order valence-corrected chi connectivity index (χ3v) is 3.79. The first-order valence-electron chi connectivity index (χ1n) is 7.55. The van der Waals surface area contributed by atoms with Gasteiger partial charge in [0.15, 0.2) is 18.1 Å². The van der Waals surface area contributed by atoms with E-state index < -0.39 is 0 Å². The van der Waals surface area contributed by atoms with Crippen LogP contribution in [0.1, 0.15) is 5.56 Å². The summed E-state index contributed by atoms with van der Waals surface area (Å²) in [5, 5.41) is 3.93. The van der Waals surface area contributed by atoms with Crippen molar-refractivity contribution < 1.29 is 14.3 Å². The number of amides is 1. The molecule has 6 nitrogen and oxygen atoms in total. The Morgan fingerprint density at radius 2 is 1.92 bits per heavy atom. The zero-order valence-corrected chi connectivity index (χ0v) is 15.9. The van der Waals surface area contributed by atoms with Crippen LogP contribution in [-0.2, 0) is 4.79 Å². The van der Waals surface area contributed by atoms with Gasteiger partial charge in [0.25, 0.3) is 5.91 Å². The van der Waals surface area contributed by atoms with Gasteiger partial charge >= 0.3 is 0 Å². The third-order valence-electron chi connectivity index (χ3n) is 3.30. The van der Waals surface area contributed by atoms with Crippen molar-refractivity contribution >= 4 is 33.7 Å². The number of ether oxygens (including phenoxy) is 2. The van der Waals surface area contributed by atoms with Gasteiger partial charge in [-0.3, -0.25) is 4.79 Å². The highest BCUT2D eigenvalue weighted by Gasteiger charge is 2.07. The van der Waals surface area contributed by atoms with E-state index >= 15 is 0 Å². The zero-order valence-electron chi connectivity index (χ0n) is 14.3. The average Bonchev–Trinajstić information content (AvgIpc) is 2.61. The first-order valence-corrected chi connectivity index (χ1v) is 8.34. The summed E-state index contributed by atoms with van der Waals surface area (Å²) in [4.78, 5) is 13.8. The molecule has 0 saturated heterocycles. The molecule has 0 aliphatic heterocycles. The molecule has 0 fully saturated rings. The predicted octanol–water partition coefficient (Wildman–Crippen LogP) is 3.05. The minimum absolute atomic E-state index is 0.158. The summed E-state index contributed by atoms with van der Waals surface area (Å²) in [5.41, 5.74) is 4.42. The van der Waals surface area contributed by atoms with Crippen LogP contribution in [0.3, 0.4) is 0 Å². The highest BCUT2D eigenvalue weighted by Crippen LogP contribution is 2.29. The van der Waals surface area contributed by atoms with Crippen LogP contribution in [0.4, 0.5) is 5.69 Å². The van der Waals surface area contributed by atoms with Crippen LogP contribution in [-0.4, -0.2) is 39.9 Å². The second-order valence-corrected chi connectivity index (χ2v) is 6.28. The van der Waals surface area contributed by atoms with Crippen LogP contribution in [0.5, 0.6) is 11.5 Å². The Bertz CT molecular complexity index is 746. The van der Waals surface area contributed by atoms with Gasteiger partial charge in [0, 0.05) is 24.3 Å². The first-order chi connectivity index (χ1) is 12.0. The molecule has 1 amide bonds. The lowest BCUT2D eigenvalue weighted by Gasteiger charge is -2.11. The normalized spacial score (nSPS) is 10.6. The van der Waals surface area contributed by atoms with Gasteiger partial charge in [-0.25, -0.2) is 5.43 Å². The van der Waals surface area contributed by atoms with Crippen LogP contribution < -0.4 is 19.8 Å². The second kappa shape index (κ2) is 9.08. The largest absolute Gasteiger partial charge is 0.493 e. The molecule has 0 unspecified atom stereocenters. The molecule has 25 heavy (non-hydrogen) atoms. The summed E-state index contributed by atoms with van der Waals surface area (Å²) in [5.74, 6) is 0.682. The van der Waals surface area contributed by atoms with Crippen molar-refractivity contribution in [1.29, 1.82) is 0 Å². The van der Waals surface area contributed by atoms with Crippen LogP contribution in [0.15, 0.2) is 52.0 Å². The molecule has 0 heterocycles. The molecular formula is C18H20BrN3O3. The Hall–Kier alpha value is -2.54. The van der Waals surface area contributed by atoms with Crippen molar-refractivity contribution in [3.8, 4) is 11.5 Å². The Balaban J connectivity index is 1.84. The molecule has 0 spiro atoms. The van der Waals surface area contributed by atoms with Gasteiger partial charge in [0.2, 0.25) is 0 Å². The lowest BCUT2D eigenvalue weighted by molar-refractivity contribution is -0.123.